The number of aromatic nitrogens is 4. The van der Waals surface area contributed by atoms with Crippen LogP contribution in [0.4, 0.5) is 5.95 Å². The van der Waals surface area contributed by atoms with Crippen molar-refractivity contribution in [1.82, 2.24) is 19.6 Å². The van der Waals surface area contributed by atoms with Crippen molar-refractivity contribution in [3.8, 4) is 17.1 Å². The molecule has 0 bridgehead atoms. The van der Waals surface area contributed by atoms with Crippen molar-refractivity contribution in [2.24, 2.45) is 0 Å². The number of fused-ring (bicyclic) bond motifs is 3. The molecule has 0 amide bonds. The predicted molar refractivity (Wildman–Crippen MR) is 117 cm³/mol. The minimum absolute atomic E-state index is 0.116. The number of methoxy groups -OCH3 is 1. The Hall–Kier alpha value is -3.19. The van der Waals surface area contributed by atoms with Gasteiger partial charge in [-0.2, -0.15) is 0 Å². The van der Waals surface area contributed by atoms with E-state index in [9.17, 15) is 0 Å². The molecule has 7 heteroatoms. The van der Waals surface area contributed by atoms with E-state index >= 15 is 0 Å². The number of ether oxygens (including phenoxy) is 2. The Kier molecular flexibility index (Phi) is 4.55. The van der Waals surface area contributed by atoms with Gasteiger partial charge in [0.2, 0.25) is 5.95 Å². The Morgan fingerprint density at radius 1 is 1.03 bits per heavy atom. The standard InChI is InChI=1S/C23H25N5O2/c1-14-9-10-19-18(11-14)22-26-25-21(17-7-5-6-8-20(17)29-4)28(22)23(24-19)27-12-15(2)30-16(3)13-27/h5-11,15-16H,12-13H2,1-4H3. The lowest BCUT2D eigenvalue weighted by Crippen LogP contribution is -2.46. The van der Waals surface area contributed by atoms with Crippen LogP contribution in [-0.2, 0) is 4.74 Å². The maximum atomic E-state index is 5.96. The molecule has 1 aliphatic rings. The van der Waals surface area contributed by atoms with E-state index in [0.717, 1.165) is 58.3 Å². The summed E-state index contributed by atoms with van der Waals surface area (Å²) in [5.41, 5.74) is 3.76. The van der Waals surface area contributed by atoms with E-state index in [2.05, 4.69) is 58.5 Å². The Morgan fingerprint density at radius 3 is 2.57 bits per heavy atom. The Labute approximate surface area is 175 Å². The number of hydrogen-bond donors (Lipinski definition) is 0. The van der Waals surface area contributed by atoms with Gasteiger partial charge in [0.1, 0.15) is 5.75 Å². The molecule has 0 radical (unpaired) electrons. The molecule has 4 aromatic rings. The van der Waals surface area contributed by atoms with E-state index in [0.29, 0.717) is 0 Å². The van der Waals surface area contributed by atoms with E-state index in [-0.39, 0.29) is 12.2 Å². The summed E-state index contributed by atoms with van der Waals surface area (Å²) in [5, 5.41) is 10.2. The molecule has 5 rings (SSSR count). The van der Waals surface area contributed by atoms with Crippen LogP contribution in [-0.4, -0.2) is 52.0 Å². The molecule has 0 N–H and O–H groups in total. The van der Waals surface area contributed by atoms with Crippen LogP contribution in [0.2, 0.25) is 0 Å². The van der Waals surface area contributed by atoms with Gasteiger partial charge in [-0.05, 0) is 45.0 Å². The molecule has 30 heavy (non-hydrogen) atoms. The van der Waals surface area contributed by atoms with Gasteiger partial charge in [-0.3, -0.25) is 0 Å². The van der Waals surface area contributed by atoms with Gasteiger partial charge in [0.05, 0.1) is 30.4 Å². The summed E-state index contributed by atoms with van der Waals surface area (Å²) in [7, 11) is 1.67. The second-order valence-electron chi connectivity index (χ2n) is 7.98. The van der Waals surface area contributed by atoms with Crippen LogP contribution in [0.5, 0.6) is 5.75 Å². The second kappa shape index (κ2) is 7.25. The molecule has 2 atom stereocenters. The highest BCUT2D eigenvalue weighted by atomic mass is 16.5. The smallest absolute Gasteiger partial charge is 0.213 e. The molecule has 2 unspecified atom stereocenters. The third-order valence-corrected chi connectivity index (χ3v) is 5.53. The number of para-hydroxylation sites is 1. The zero-order valence-corrected chi connectivity index (χ0v) is 17.7. The summed E-state index contributed by atoms with van der Waals surface area (Å²) >= 11 is 0. The number of anilines is 1. The van der Waals surface area contributed by atoms with Crippen LogP contribution >= 0.6 is 0 Å². The van der Waals surface area contributed by atoms with Gasteiger partial charge >= 0.3 is 0 Å². The lowest BCUT2D eigenvalue weighted by atomic mass is 10.1. The van der Waals surface area contributed by atoms with Crippen molar-refractivity contribution < 1.29 is 9.47 Å². The number of rotatable bonds is 3. The van der Waals surface area contributed by atoms with E-state index < -0.39 is 0 Å². The molecule has 1 aliphatic heterocycles. The molecular formula is C23H25N5O2. The maximum Gasteiger partial charge on any atom is 0.213 e. The molecule has 1 fully saturated rings. The summed E-state index contributed by atoms with van der Waals surface area (Å²) in [6.07, 6.45) is 0.232. The Morgan fingerprint density at radius 2 is 1.80 bits per heavy atom. The minimum atomic E-state index is 0.116. The fraction of sp³-hybridized carbons (Fsp3) is 0.348. The quantitative estimate of drug-likeness (QED) is 0.517. The molecule has 3 heterocycles. The van der Waals surface area contributed by atoms with E-state index in [1.807, 2.05) is 24.3 Å². The van der Waals surface area contributed by atoms with Crippen molar-refractivity contribution in [3.63, 3.8) is 0 Å². The van der Waals surface area contributed by atoms with E-state index in [4.69, 9.17) is 14.5 Å². The van der Waals surface area contributed by atoms with E-state index in [1.54, 1.807) is 7.11 Å². The zero-order chi connectivity index (χ0) is 20.8. The first kappa shape index (κ1) is 18.8. The first-order valence-corrected chi connectivity index (χ1v) is 10.2. The summed E-state index contributed by atoms with van der Waals surface area (Å²) in [6, 6.07) is 14.1. The van der Waals surface area contributed by atoms with Crippen molar-refractivity contribution in [3.05, 3.63) is 48.0 Å². The molecule has 0 spiro atoms. The first-order chi connectivity index (χ1) is 14.5. The van der Waals surface area contributed by atoms with Crippen LogP contribution in [0.1, 0.15) is 19.4 Å². The summed E-state index contributed by atoms with van der Waals surface area (Å²) in [6.45, 7) is 7.78. The monoisotopic (exact) mass is 403 g/mol. The highest BCUT2D eigenvalue weighted by molar-refractivity contribution is 5.94. The highest BCUT2D eigenvalue weighted by Gasteiger charge is 2.28. The number of hydrogen-bond acceptors (Lipinski definition) is 6. The summed E-state index contributed by atoms with van der Waals surface area (Å²) in [4.78, 5) is 7.33. The number of aryl methyl sites for hydroxylation is 1. The van der Waals surface area contributed by atoms with Gasteiger partial charge in [0.25, 0.3) is 0 Å². The van der Waals surface area contributed by atoms with Gasteiger partial charge < -0.3 is 14.4 Å². The zero-order valence-electron chi connectivity index (χ0n) is 17.7. The molecule has 2 aromatic carbocycles. The molecule has 2 aromatic heterocycles. The van der Waals surface area contributed by atoms with Crippen LogP contribution in [0.15, 0.2) is 42.5 Å². The third-order valence-electron chi connectivity index (χ3n) is 5.53. The third kappa shape index (κ3) is 3.06. The van der Waals surface area contributed by atoms with Gasteiger partial charge in [0.15, 0.2) is 11.5 Å². The molecule has 154 valence electrons. The normalized spacial score (nSPS) is 19.5. The highest BCUT2D eigenvalue weighted by Crippen LogP contribution is 2.33. The topological polar surface area (TPSA) is 64.8 Å². The number of benzene rings is 2. The second-order valence-corrected chi connectivity index (χ2v) is 7.98. The van der Waals surface area contributed by atoms with Crippen molar-refractivity contribution in [2.45, 2.75) is 33.0 Å². The summed E-state index contributed by atoms with van der Waals surface area (Å²) in [5.74, 6) is 2.31. The lowest BCUT2D eigenvalue weighted by molar-refractivity contribution is -0.00576. The van der Waals surface area contributed by atoms with Crippen LogP contribution in [0.25, 0.3) is 27.9 Å². The molecule has 7 nitrogen and oxygen atoms in total. The molecule has 0 saturated carbocycles. The minimum Gasteiger partial charge on any atom is -0.496 e. The maximum absolute atomic E-state index is 5.96. The van der Waals surface area contributed by atoms with Gasteiger partial charge in [-0.25, -0.2) is 9.38 Å². The number of nitrogens with zero attached hydrogens (tertiary/aromatic N) is 5. The van der Waals surface area contributed by atoms with Crippen LogP contribution < -0.4 is 9.64 Å². The number of morpholine rings is 1. The van der Waals surface area contributed by atoms with Crippen LogP contribution in [0, 0.1) is 6.92 Å². The fourth-order valence-electron chi connectivity index (χ4n) is 4.29. The van der Waals surface area contributed by atoms with Gasteiger partial charge in [-0.1, -0.05) is 23.8 Å². The average Bonchev–Trinajstić information content (AvgIpc) is 3.18. The Bertz CT molecular complexity index is 1230. The largest absolute Gasteiger partial charge is 0.496 e. The molecule has 1 saturated heterocycles. The van der Waals surface area contributed by atoms with E-state index in [1.165, 1.54) is 0 Å². The average molecular weight is 403 g/mol. The first-order valence-electron chi connectivity index (χ1n) is 10.2. The van der Waals surface area contributed by atoms with Crippen molar-refractivity contribution >= 4 is 22.5 Å². The fourth-order valence-corrected chi connectivity index (χ4v) is 4.29. The molecular weight excluding hydrogens is 378 g/mol. The Balaban J connectivity index is 1.82. The summed E-state index contributed by atoms with van der Waals surface area (Å²) < 4.78 is 13.6. The molecule has 0 aliphatic carbocycles. The van der Waals surface area contributed by atoms with Crippen LogP contribution in [0.3, 0.4) is 0 Å². The predicted octanol–water partition coefficient (Wildman–Crippen LogP) is 3.88. The lowest BCUT2D eigenvalue weighted by Gasteiger charge is -2.36. The van der Waals surface area contributed by atoms with Gasteiger partial charge in [-0.15, -0.1) is 10.2 Å². The van der Waals surface area contributed by atoms with Gasteiger partial charge in [0, 0.05) is 18.5 Å². The van der Waals surface area contributed by atoms with Crippen molar-refractivity contribution in [2.75, 3.05) is 25.1 Å². The van der Waals surface area contributed by atoms with Crippen molar-refractivity contribution in [1.29, 1.82) is 0 Å². The SMILES string of the molecule is COc1ccccc1-c1nnc2c3cc(C)ccc3nc(N3CC(C)OC(C)C3)n12.